The van der Waals surface area contributed by atoms with Crippen molar-refractivity contribution in [1.29, 1.82) is 0 Å². The summed E-state index contributed by atoms with van der Waals surface area (Å²) >= 11 is 0. The van der Waals surface area contributed by atoms with Gasteiger partial charge < -0.3 is 14.8 Å². The number of hydrogen-bond donors (Lipinski definition) is 1. The highest BCUT2D eigenvalue weighted by atomic mass is 16.5. The van der Waals surface area contributed by atoms with E-state index in [0.29, 0.717) is 12.5 Å². The van der Waals surface area contributed by atoms with Crippen LogP contribution in [0.4, 0.5) is 0 Å². The summed E-state index contributed by atoms with van der Waals surface area (Å²) in [6, 6.07) is 8.76. The maximum Gasteiger partial charge on any atom is 0.0928 e. The van der Waals surface area contributed by atoms with Crippen molar-refractivity contribution < 1.29 is 9.47 Å². The van der Waals surface area contributed by atoms with Gasteiger partial charge in [0.1, 0.15) is 0 Å². The van der Waals surface area contributed by atoms with Crippen LogP contribution in [0.25, 0.3) is 0 Å². The first-order valence-electron chi connectivity index (χ1n) is 6.48. The fraction of sp³-hybridized carbons (Fsp3) is 0.600. The maximum absolute atomic E-state index is 5.29. The van der Waals surface area contributed by atoms with E-state index in [2.05, 4.69) is 43.4 Å². The fourth-order valence-corrected chi connectivity index (χ4v) is 1.79. The topological polar surface area (TPSA) is 30.5 Å². The Morgan fingerprint density at radius 3 is 2.28 bits per heavy atom. The third-order valence-corrected chi connectivity index (χ3v) is 3.03. The van der Waals surface area contributed by atoms with E-state index >= 15 is 0 Å². The van der Waals surface area contributed by atoms with Gasteiger partial charge in [0.2, 0.25) is 0 Å². The van der Waals surface area contributed by atoms with Crippen LogP contribution in [0.1, 0.15) is 30.9 Å². The first-order valence-corrected chi connectivity index (χ1v) is 6.48. The molecule has 1 atom stereocenters. The van der Waals surface area contributed by atoms with Crippen LogP contribution in [-0.2, 0) is 16.0 Å². The molecule has 0 bridgehead atoms. The summed E-state index contributed by atoms with van der Waals surface area (Å²) in [6.45, 7) is 6.70. The van der Waals surface area contributed by atoms with Gasteiger partial charge in [-0.2, -0.15) is 0 Å². The Hall–Kier alpha value is -0.900. The van der Waals surface area contributed by atoms with E-state index in [9.17, 15) is 0 Å². The molecule has 3 heteroatoms. The zero-order chi connectivity index (χ0) is 13.4. The summed E-state index contributed by atoms with van der Waals surface area (Å²) in [7, 11) is 3.40. The highest BCUT2D eigenvalue weighted by molar-refractivity contribution is 5.24. The average Bonchev–Trinajstić information content (AvgIpc) is 2.38. The number of ether oxygens (including phenoxy) is 2. The molecule has 0 saturated carbocycles. The van der Waals surface area contributed by atoms with Crippen LogP contribution in [-0.4, -0.2) is 33.5 Å². The van der Waals surface area contributed by atoms with E-state index < -0.39 is 0 Å². The predicted octanol–water partition coefficient (Wildman–Crippen LogP) is 2.56. The second-order valence-corrected chi connectivity index (χ2v) is 4.84. The number of benzene rings is 1. The second kappa shape index (κ2) is 8.25. The predicted molar refractivity (Wildman–Crippen MR) is 74.9 cm³/mol. The molecule has 18 heavy (non-hydrogen) atoms. The van der Waals surface area contributed by atoms with E-state index in [1.807, 2.05) is 0 Å². The Morgan fingerprint density at radius 1 is 1.11 bits per heavy atom. The molecule has 0 heterocycles. The molecular weight excluding hydrogens is 226 g/mol. The van der Waals surface area contributed by atoms with Crippen molar-refractivity contribution in [3.8, 4) is 0 Å². The lowest BCUT2D eigenvalue weighted by molar-refractivity contribution is 0.0288. The quantitative estimate of drug-likeness (QED) is 0.770. The SMILES string of the molecule is COCC(CNCc1ccc(C(C)C)cc1)OC. The minimum Gasteiger partial charge on any atom is -0.382 e. The zero-order valence-corrected chi connectivity index (χ0v) is 11.9. The van der Waals surface area contributed by atoms with Crippen LogP contribution in [0.3, 0.4) is 0 Å². The van der Waals surface area contributed by atoms with Crippen LogP contribution < -0.4 is 5.32 Å². The minimum absolute atomic E-state index is 0.116. The molecule has 0 aromatic heterocycles. The summed E-state index contributed by atoms with van der Waals surface area (Å²) in [5.74, 6) is 0.589. The Balaban J connectivity index is 2.34. The summed E-state index contributed by atoms with van der Waals surface area (Å²) < 4.78 is 10.4. The van der Waals surface area contributed by atoms with E-state index in [-0.39, 0.29) is 6.10 Å². The van der Waals surface area contributed by atoms with Gasteiger partial charge in [-0.1, -0.05) is 38.1 Å². The van der Waals surface area contributed by atoms with E-state index in [1.54, 1.807) is 14.2 Å². The Morgan fingerprint density at radius 2 is 1.78 bits per heavy atom. The van der Waals surface area contributed by atoms with Crippen LogP contribution in [0, 0.1) is 0 Å². The standard InChI is InChI=1S/C15H25NO2/c1-12(2)14-7-5-13(6-8-14)9-16-10-15(18-4)11-17-3/h5-8,12,15-16H,9-11H2,1-4H3. The van der Waals surface area contributed by atoms with Gasteiger partial charge in [-0.05, 0) is 17.0 Å². The van der Waals surface area contributed by atoms with E-state index in [4.69, 9.17) is 9.47 Å². The zero-order valence-electron chi connectivity index (χ0n) is 11.9. The van der Waals surface area contributed by atoms with Gasteiger partial charge in [-0.15, -0.1) is 0 Å². The third-order valence-electron chi connectivity index (χ3n) is 3.03. The van der Waals surface area contributed by atoms with Gasteiger partial charge >= 0.3 is 0 Å². The molecule has 102 valence electrons. The smallest absolute Gasteiger partial charge is 0.0928 e. The highest BCUT2D eigenvalue weighted by Gasteiger charge is 2.05. The Kier molecular flexibility index (Phi) is 6.94. The Bertz CT molecular complexity index is 322. The number of methoxy groups -OCH3 is 2. The van der Waals surface area contributed by atoms with Crippen molar-refractivity contribution in [2.24, 2.45) is 0 Å². The Labute approximate surface area is 110 Å². The van der Waals surface area contributed by atoms with Crippen LogP contribution >= 0.6 is 0 Å². The van der Waals surface area contributed by atoms with Gasteiger partial charge in [-0.25, -0.2) is 0 Å². The molecule has 0 saturated heterocycles. The van der Waals surface area contributed by atoms with Crippen molar-refractivity contribution in [3.05, 3.63) is 35.4 Å². The number of nitrogens with one attached hydrogen (secondary N) is 1. The van der Waals surface area contributed by atoms with E-state index in [1.165, 1.54) is 11.1 Å². The third kappa shape index (κ3) is 5.17. The van der Waals surface area contributed by atoms with Crippen molar-refractivity contribution >= 4 is 0 Å². The molecule has 0 aliphatic rings. The van der Waals surface area contributed by atoms with Gasteiger partial charge in [0, 0.05) is 27.3 Å². The van der Waals surface area contributed by atoms with Gasteiger partial charge in [0.15, 0.2) is 0 Å². The molecule has 1 aromatic carbocycles. The molecule has 1 aromatic rings. The van der Waals surface area contributed by atoms with Gasteiger partial charge in [0.05, 0.1) is 12.7 Å². The summed E-state index contributed by atoms with van der Waals surface area (Å²) in [5.41, 5.74) is 2.68. The molecule has 3 nitrogen and oxygen atoms in total. The molecule has 0 aliphatic heterocycles. The molecule has 0 aliphatic carbocycles. The highest BCUT2D eigenvalue weighted by Crippen LogP contribution is 2.14. The van der Waals surface area contributed by atoms with Crippen LogP contribution in [0.5, 0.6) is 0 Å². The summed E-state index contributed by atoms with van der Waals surface area (Å²) in [4.78, 5) is 0. The van der Waals surface area contributed by atoms with Crippen LogP contribution in [0.15, 0.2) is 24.3 Å². The molecule has 0 fully saturated rings. The lowest BCUT2D eigenvalue weighted by Gasteiger charge is -2.15. The molecule has 1 N–H and O–H groups in total. The molecule has 1 unspecified atom stereocenters. The minimum atomic E-state index is 0.116. The first kappa shape index (κ1) is 15.2. The summed E-state index contributed by atoms with van der Waals surface area (Å²) in [6.07, 6.45) is 0.116. The van der Waals surface area contributed by atoms with Crippen molar-refractivity contribution in [1.82, 2.24) is 5.32 Å². The normalized spacial score (nSPS) is 12.9. The first-order chi connectivity index (χ1) is 8.67. The average molecular weight is 251 g/mol. The van der Waals surface area contributed by atoms with E-state index in [0.717, 1.165) is 13.1 Å². The van der Waals surface area contributed by atoms with Gasteiger partial charge in [-0.3, -0.25) is 0 Å². The van der Waals surface area contributed by atoms with Gasteiger partial charge in [0.25, 0.3) is 0 Å². The van der Waals surface area contributed by atoms with Crippen molar-refractivity contribution in [3.63, 3.8) is 0 Å². The molecule has 0 spiro atoms. The monoisotopic (exact) mass is 251 g/mol. The molecule has 0 amide bonds. The van der Waals surface area contributed by atoms with Crippen LogP contribution in [0.2, 0.25) is 0 Å². The lowest BCUT2D eigenvalue weighted by atomic mass is 10.0. The maximum atomic E-state index is 5.29. The fourth-order valence-electron chi connectivity index (χ4n) is 1.79. The molecular formula is C15H25NO2. The summed E-state index contributed by atoms with van der Waals surface area (Å²) in [5, 5.41) is 3.38. The lowest BCUT2D eigenvalue weighted by Crippen LogP contribution is -2.31. The second-order valence-electron chi connectivity index (χ2n) is 4.84. The molecule has 1 rings (SSSR count). The molecule has 0 radical (unpaired) electrons. The van der Waals surface area contributed by atoms with Crippen molar-refractivity contribution in [2.45, 2.75) is 32.4 Å². The number of hydrogen-bond acceptors (Lipinski definition) is 3. The largest absolute Gasteiger partial charge is 0.382 e. The van der Waals surface area contributed by atoms with Crippen molar-refractivity contribution in [2.75, 3.05) is 27.4 Å². The number of rotatable bonds is 8.